The molecule has 7 heteroatoms. The number of hydrogen-bond donors (Lipinski definition) is 1. The molecule has 0 aromatic rings. The van der Waals surface area contributed by atoms with Crippen LogP contribution in [0, 0.1) is 5.41 Å². The van der Waals surface area contributed by atoms with Crippen LogP contribution in [0.3, 0.4) is 0 Å². The summed E-state index contributed by atoms with van der Waals surface area (Å²) in [5, 5.41) is 2.92. The summed E-state index contributed by atoms with van der Waals surface area (Å²) < 4.78 is 4.96. The molecule has 1 aliphatic heterocycles. The number of imide groups is 1. The third-order valence-corrected chi connectivity index (χ3v) is 3.30. The maximum atomic E-state index is 12.1. The number of ether oxygens (including phenoxy) is 1. The molecule has 1 aliphatic rings. The van der Waals surface area contributed by atoms with Gasteiger partial charge in [0.1, 0.15) is 0 Å². The molecule has 0 aliphatic carbocycles. The van der Waals surface area contributed by atoms with Gasteiger partial charge in [-0.15, -0.1) is 11.6 Å². The lowest BCUT2D eigenvalue weighted by Crippen LogP contribution is -2.45. The summed E-state index contributed by atoms with van der Waals surface area (Å²) in [6, 6.07) is -0.542. The molecule has 2 amide bonds. The third kappa shape index (κ3) is 3.93. The van der Waals surface area contributed by atoms with E-state index >= 15 is 0 Å². The van der Waals surface area contributed by atoms with E-state index in [1.54, 1.807) is 20.8 Å². The van der Waals surface area contributed by atoms with Gasteiger partial charge in [-0.3, -0.25) is 19.3 Å². The number of carbonyl (C=O) groups is 3. The minimum Gasteiger partial charge on any atom is -0.466 e. The predicted octanol–water partition coefficient (Wildman–Crippen LogP) is 0.532. The van der Waals surface area contributed by atoms with Crippen molar-refractivity contribution in [1.82, 2.24) is 10.2 Å². The fourth-order valence-electron chi connectivity index (χ4n) is 2.02. The monoisotopic (exact) mass is 304 g/mol. The van der Waals surface area contributed by atoms with Crippen LogP contribution < -0.4 is 5.32 Å². The van der Waals surface area contributed by atoms with Gasteiger partial charge < -0.3 is 10.1 Å². The number of carbonyl (C=O) groups excluding carboxylic acids is 3. The number of amides is 2. The third-order valence-electron chi connectivity index (χ3n) is 3.11. The summed E-state index contributed by atoms with van der Waals surface area (Å²) in [6.07, 6.45) is 0.106. The van der Waals surface area contributed by atoms with Crippen molar-refractivity contribution in [3.63, 3.8) is 0 Å². The van der Waals surface area contributed by atoms with Crippen LogP contribution >= 0.6 is 11.6 Å². The molecule has 0 unspecified atom stereocenters. The van der Waals surface area contributed by atoms with E-state index in [-0.39, 0.29) is 31.4 Å². The molecule has 1 atom stereocenters. The van der Waals surface area contributed by atoms with Crippen LogP contribution in [0.1, 0.15) is 27.2 Å². The molecule has 6 nitrogen and oxygen atoms in total. The SMILES string of the molecule is CCOC(=O)C(C)(C)CN1C(=O)C[C@@H](NCCCl)C1=O. The van der Waals surface area contributed by atoms with Crippen molar-refractivity contribution in [3.05, 3.63) is 0 Å². The molecule has 0 radical (unpaired) electrons. The van der Waals surface area contributed by atoms with Crippen LogP contribution in [0.5, 0.6) is 0 Å². The Bertz CT molecular complexity index is 398. The summed E-state index contributed by atoms with van der Waals surface area (Å²) in [4.78, 5) is 37.0. The molecule has 1 heterocycles. The lowest BCUT2D eigenvalue weighted by atomic mass is 9.93. The van der Waals surface area contributed by atoms with Gasteiger partial charge in [0.15, 0.2) is 0 Å². The van der Waals surface area contributed by atoms with Gasteiger partial charge in [0.25, 0.3) is 0 Å². The molecule has 1 N–H and O–H groups in total. The van der Waals surface area contributed by atoms with Crippen molar-refractivity contribution >= 4 is 29.4 Å². The minimum atomic E-state index is -0.914. The van der Waals surface area contributed by atoms with Crippen LogP contribution in [0.2, 0.25) is 0 Å². The number of hydrogen-bond acceptors (Lipinski definition) is 5. The van der Waals surface area contributed by atoms with Gasteiger partial charge in [-0.2, -0.15) is 0 Å². The molecule has 0 aromatic carbocycles. The second-order valence-electron chi connectivity index (χ2n) is 5.32. The Balaban J connectivity index is 2.69. The van der Waals surface area contributed by atoms with Crippen molar-refractivity contribution in [2.45, 2.75) is 33.2 Å². The van der Waals surface area contributed by atoms with Crippen LogP contribution in [-0.4, -0.2) is 54.3 Å². The van der Waals surface area contributed by atoms with E-state index in [9.17, 15) is 14.4 Å². The van der Waals surface area contributed by atoms with E-state index in [0.717, 1.165) is 4.90 Å². The molecular formula is C13H21ClN2O4. The first-order chi connectivity index (χ1) is 9.33. The van der Waals surface area contributed by atoms with Crippen molar-refractivity contribution < 1.29 is 19.1 Å². The lowest BCUT2D eigenvalue weighted by molar-refractivity contribution is -0.156. The number of nitrogens with one attached hydrogen (secondary N) is 1. The molecule has 1 rings (SSSR count). The second kappa shape index (κ2) is 7.04. The van der Waals surface area contributed by atoms with E-state index < -0.39 is 17.4 Å². The average molecular weight is 305 g/mol. The first-order valence-corrected chi connectivity index (χ1v) is 7.17. The summed E-state index contributed by atoms with van der Waals surface area (Å²) in [7, 11) is 0. The van der Waals surface area contributed by atoms with Crippen molar-refractivity contribution in [3.8, 4) is 0 Å². The number of alkyl halides is 1. The molecule has 0 aromatic heterocycles. The van der Waals surface area contributed by atoms with Crippen LogP contribution in [-0.2, 0) is 19.1 Å². The second-order valence-corrected chi connectivity index (χ2v) is 5.70. The minimum absolute atomic E-state index is 0.0303. The van der Waals surface area contributed by atoms with Crippen LogP contribution in [0.25, 0.3) is 0 Å². The fourth-order valence-corrected chi connectivity index (χ4v) is 2.13. The zero-order chi connectivity index (χ0) is 15.3. The lowest BCUT2D eigenvalue weighted by Gasteiger charge is -2.27. The number of halogens is 1. The highest BCUT2D eigenvalue weighted by Gasteiger charge is 2.43. The maximum absolute atomic E-state index is 12.1. The highest BCUT2D eigenvalue weighted by Crippen LogP contribution is 2.23. The standard InChI is InChI=1S/C13H21ClN2O4/c1-4-20-12(19)13(2,3)8-16-10(17)7-9(11(16)18)15-6-5-14/h9,15H,4-8H2,1-3H3/t9-/m1/s1. The fraction of sp³-hybridized carbons (Fsp3) is 0.769. The Kier molecular flexibility index (Phi) is 5.95. The van der Waals surface area contributed by atoms with Crippen molar-refractivity contribution in [2.24, 2.45) is 5.41 Å². The summed E-state index contributed by atoms with van der Waals surface area (Å²) >= 11 is 5.55. The Morgan fingerprint density at radius 1 is 1.50 bits per heavy atom. The molecular weight excluding hydrogens is 284 g/mol. The highest BCUT2D eigenvalue weighted by atomic mass is 35.5. The summed E-state index contributed by atoms with van der Waals surface area (Å²) in [5.74, 6) is -0.638. The molecule has 20 heavy (non-hydrogen) atoms. The quantitative estimate of drug-likeness (QED) is 0.422. The summed E-state index contributed by atoms with van der Waals surface area (Å²) in [6.45, 7) is 5.79. The van der Waals surface area contributed by atoms with Crippen LogP contribution in [0.4, 0.5) is 0 Å². The average Bonchev–Trinajstić information content (AvgIpc) is 2.64. The highest BCUT2D eigenvalue weighted by molar-refractivity contribution is 6.18. The van der Waals surface area contributed by atoms with Crippen LogP contribution in [0.15, 0.2) is 0 Å². The van der Waals surface area contributed by atoms with E-state index in [0.29, 0.717) is 12.4 Å². The maximum Gasteiger partial charge on any atom is 0.313 e. The summed E-state index contributed by atoms with van der Waals surface area (Å²) in [5.41, 5.74) is -0.914. The first-order valence-electron chi connectivity index (χ1n) is 6.64. The van der Waals surface area contributed by atoms with Gasteiger partial charge >= 0.3 is 5.97 Å². The van der Waals surface area contributed by atoms with E-state index in [2.05, 4.69) is 5.32 Å². The van der Waals surface area contributed by atoms with E-state index in [1.165, 1.54) is 0 Å². The van der Waals surface area contributed by atoms with E-state index in [1.807, 2.05) is 0 Å². The zero-order valence-corrected chi connectivity index (χ0v) is 12.8. The van der Waals surface area contributed by atoms with Gasteiger partial charge in [0.2, 0.25) is 11.8 Å². The van der Waals surface area contributed by atoms with E-state index in [4.69, 9.17) is 16.3 Å². The van der Waals surface area contributed by atoms with Gasteiger partial charge in [-0.25, -0.2) is 0 Å². The normalized spacial score (nSPS) is 19.6. The Morgan fingerprint density at radius 2 is 2.15 bits per heavy atom. The Morgan fingerprint density at radius 3 is 2.70 bits per heavy atom. The first kappa shape index (κ1) is 16.9. The number of likely N-dealkylation sites (tertiary alicyclic amines) is 1. The topological polar surface area (TPSA) is 75.7 Å². The molecule has 0 saturated carbocycles. The number of nitrogens with zero attached hydrogens (tertiary/aromatic N) is 1. The number of rotatable bonds is 7. The van der Waals surface area contributed by atoms with Gasteiger partial charge in [0, 0.05) is 19.0 Å². The number of esters is 1. The molecule has 1 fully saturated rings. The largest absolute Gasteiger partial charge is 0.466 e. The smallest absolute Gasteiger partial charge is 0.313 e. The molecule has 0 bridgehead atoms. The van der Waals surface area contributed by atoms with Gasteiger partial charge in [-0.1, -0.05) is 0 Å². The predicted molar refractivity (Wildman–Crippen MR) is 74.3 cm³/mol. The Hall–Kier alpha value is -1.14. The molecule has 114 valence electrons. The molecule has 1 saturated heterocycles. The van der Waals surface area contributed by atoms with Crippen molar-refractivity contribution in [2.75, 3.05) is 25.6 Å². The Labute approximate surface area is 123 Å². The van der Waals surface area contributed by atoms with Crippen molar-refractivity contribution in [1.29, 1.82) is 0 Å². The van der Waals surface area contributed by atoms with Gasteiger partial charge in [0.05, 0.1) is 24.5 Å². The molecule has 0 spiro atoms. The zero-order valence-electron chi connectivity index (χ0n) is 12.1. The van der Waals surface area contributed by atoms with Gasteiger partial charge in [-0.05, 0) is 20.8 Å².